The van der Waals surface area contributed by atoms with Crippen molar-refractivity contribution in [3.05, 3.63) is 40.7 Å². The first-order valence-corrected chi connectivity index (χ1v) is 9.65. The van der Waals surface area contributed by atoms with Gasteiger partial charge in [0.1, 0.15) is 0 Å². The lowest BCUT2D eigenvalue weighted by Crippen LogP contribution is -2.43. The molecule has 0 aliphatic carbocycles. The maximum Gasteiger partial charge on any atom is 0.191 e. The Kier molecular flexibility index (Phi) is 10.3. The number of hydrogen-bond acceptors (Lipinski definition) is 4. The Labute approximate surface area is 191 Å². The molecule has 0 spiro atoms. The SMILES string of the molecule is CCNC(=NCc1cccc(OC)c1OC)NC(C)Cc1c(C)nn(C)c1C.I. The average molecular weight is 515 g/mol. The van der Waals surface area contributed by atoms with Crippen LogP contribution in [0.3, 0.4) is 0 Å². The number of guanidine groups is 1. The fraction of sp³-hybridized carbons (Fsp3) is 0.524. The molecule has 1 aromatic heterocycles. The summed E-state index contributed by atoms with van der Waals surface area (Å²) in [5.74, 6) is 2.21. The summed E-state index contributed by atoms with van der Waals surface area (Å²) < 4.78 is 12.8. The first-order valence-electron chi connectivity index (χ1n) is 9.65. The minimum atomic E-state index is 0. The molecule has 8 heteroatoms. The van der Waals surface area contributed by atoms with Crippen LogP contribution in [0.4, 0.5) is 0 Å². The Hall–Kier alpha value is -1.97. The van der Waals surface area contributed by atoms with Crippen molar-refractivity contribution in [3.63, 3.8) is 0 Å². The van der Waals surface area contributed by atoms with Gasteiger partial charge in [-0.2, -0.15) is 5.10 Å². The number of para-hydroxylation sites is 1. The maximum absolute atomic E-state index is 5.50. The van der Waals surface area contributed by atoms with Gasteiger partial charge in [-0.1, -0.05) is 12.1 Å². The van der Waals surface area contributed by atoms with Crippen molar-refractivity contribution in [3.8, 4) is 11.5 Å². The summed E-state index contributed by atoms with van der Waals surface area (Å²) >= 11 is 0. The number of aliphatic imine (C=N–C) groups is 1. The zero-order valence-corrected chi connectivity index (χ0v) is 20.8. The molecule has 0 bridgehead atoms. The van der Waals surface area contributed by atoms with E-state index in [9.17, 15) is 0 Å². The van der Waals surface area contributed by atoms with Gasteiger partial charge in [0, 0.05) is 30.9 Å². The molecule has 0 saturated heterocycles. The van der Waals surface area contributed by atoms with Gasteiger partial charge in [-0.15, -0.1) is 24.0 Å². The Bertz CT molecular complexity index is 820. The van der Waals surface area contributed by atoms with Gasteiger partial charge in [0.2, 0.25) is 0 Å². The third-order valence-electron chi connectivity index (χ3n) is 4.79. The summed E-state index contributed by atoms with van der Waals surface area (Å²) in [4.78, 5) is 4.74. The monoisotopic (exact) mass is 515 g/mol. The number of methoxy groups -OCH3 is 2. The topological polar surface area (TPSA) is 72.7 Å². The highest BCUT2D eigenvalue weighted by atomic mass is 127. The minimum absolute atomic E-state index is 0. The summed E-state index contributed by atoms with van der Waals surface area (Å²) in [6, 6.07) is 6.05. The molecule has 1 heterocycles. The van der Waals surface area contributed by atoms with E-state index in [2.05, 4.69) is 43.4 Å². The molecule has 2 rings (SSSR count). The van der Waals surface area contributed by atoms with Crippen LogP contribution in [0.25, 0.3) is 0 Å². The van der Waals surface area contributed by atoms with Crippen LogP contribution < -0.4 is 20.1 Å². The molecule has 0 amide bonds. The number of aryl methyl sites for hydroxylation is 2. The van der Waals surface area contributed by atoms with Crippen LogP contribution in [0.15, 0.2) is 23.2 Å². The summed E-state index contributed by atoms with van der Waals surface area (Å²) in [6.45, 7) is 9.67. The van der Waals surface area contributed by atoms with Crippen LogP contribution in [0.2, 0.25) is 0 Å². The second-order valence-corrected chi connectivity index (χ2v) is 6.87. The summed E-state index contributed by atoms with van der Waals surface area (Å²) in [6.07, 6.45) is 0.887. The van der Waals surface area contributed by atoms with E-state index in [1.165, 1.54) is 11.3 Å². The first kappa shape index (κ1) is 25.1. The standard InChI is InChI=1S/C21H33N5O2.HI/c1-8-22-21(23-13-17-10-9-11-19(27-6)20(17)28-7)24-14(2)12-18-15(3)25-26(5)16(18)4;/h9-11,14H,8,12-13H2,1-7H3,(H2,22,23,24);1H. The highest BCUT2D eigenvalue weighted by molar-refractivity contribution is 14.0. The van der Waals surface area contributed by atoms with Crippen LogP contribution in [0.5, 0.6) is 11.5 Å². The van der Waals surface area contributed by atoms with Crippen molar-refractivity contribution in [2.75, 3.05) is 20.8 Å². The van der Waals surface area contributed by atoms with E-state index >= 15 is 0 Å². The number of nitrogens with one attached hydrogen (secondary N) is 2. The fourth-order valence-electron chi connectivity index (χ4n) is 3.27. The summed E-state index contributed by atoms with van der Waals surface area (Å²) in [7, 11) is 5.27. The van der Waals surface area contributed by atoms with E-state index in [0.29, 0.717) is 12.3 Å². The van der Waals surface area contributed by atoms with Gasteiger partial charge in [-0.05, 0) is 45.7 Å². The Morgan fingerprint density at radius 2 is 1.97 bits per heavy atom. The fourth-order valence-corrected chi connectivity index (χ4v) is 3.27. The lowest BCUT2D eigenvalue weighted by Gasteiger charge is -2.18. The first-order chi connectivity index (χ1) is 13.4. The summed E-state index contributed by atoms with van der Waals surface area (Å²) in [5.41, 5.74) is 4.55. The molecular weight excluding hydrogens is 481 g/mol. The molecule has 162 valence electrons. The number of hydrogen-bond donors (Lipinski definition) is 2. The van der Waals surface area contributed by atoms with Crippen molar-refractivity contribution in [2.24, 2.45) is 12.0 Å². The number of aromatic nitrogens is 2. The van der Waals surface area contributed by atoms with Crippen LogP contribution in [-0.4, -0.2) is 42.5 Å². The van der Waals surface area contributed by atoms with Crippen LogP contribution in [0, 0.1) is 13.8 Å². The van der Waals surface area contributed by atoms with Crippen molar-refractivity contribution in [1.29, 1.82) is 0 Å². The molecule has 0 aliphatic heterocycles. The average Bonchev–Trinajstić information content (AvgIpc) is 2.91. The molecule has 1 aromatic carbocycles. The number of nitrogens with zero attached hydrogens (tertiary/aromatic N) is 3. The van der Waals surface area contributed by atoms with Crippen molar-refractivity contribution >= 4 is 29.9 Å². The molecule has 29 heavy (non-hydrogen) atoms. The van der Waals surface area contributed by atoms with Gasteiger partial charge in [-0.3, -0.25) is 4.68 Å². The molecule has 0 radical (unpaired) electrons. The molecule has 1 atom stereocenters. The highest BCUT2D eigenvalue weighted by Gasteiger charge is 2.14. The van der Waals surface area contributed by atoms with E-state index in [-0.39, 0.29) is 30.0 Å². The van der Waals surface area contributed by atoms with Gasteiger partial charge >= 0.3 is 0 Å². The molecular formula is C21H34IN5O2. The molecule has 1 unspecified atom stereocenters. The van der Waals surface area contributed by atoms with E-state index in [0.717, 1.165) is 35.9 Å². The zero-order chi connectivity index (χ0) is 20.7. The van der Waals surface area contributed by atoms with Crippen molar-refractivity contribution in [2.45, 2.75) is 46.7 Å². The number of rotatable bonds is 8. The maximum atomic E-state index is 5.50. The Morgan fingerprint density at radius 1 is 1.24 bits per heavy atom. The van der Waals surface area contributed by atoms with Crippen molar-refractivity contribution in [1.82, 2.24) is 20.4 Å². The van der Waals surface area contributed by atoms with E-state index < -0.39 is 0 Å². The van der Waals surface area contributed by atoms with Gasteiger partial charge in [0.25, 0.3) is 0 Å². The molecule has 0 fully saturated rings. The molecule has 0 saturated carbocycles. The van der Waals surface area contributed by atoms with Crippen LogP contribution >= 0.6 is 24.0 Å². The molecule has 0 aliphatic rings. The largest absolute Gasteiger partial charge is 0.493 e. The van der Waals surface area contributed by atoms with Crippen LogP contribution in [-0.2, 0) is 20.0 Å². The number of benzene rings is 1. The van der Waals surface area contributed by atoms with E-state index in [4.69, 9.17) is 14.5 Å². The second kappa shape index (κ2) is 11.9. The zero-order valence-electron chi connectivity index (χ0n) is 18.5. The van der Waals surface area contributed by atoms with Gasteiger partial charge in [0.15, 0.2) is 17.5 Å². The van der Waals surface area contributed by atoms with E-state index in [1.807, 2.05) is 29.9 Å². The number of ether oxygens (including phenoxy) is 2. The lowest BCUT2D eigenvalue weighted by molar-refractivity contribution is 0.352. The lowest BCUT2D eigenvalue weighted by atomic mass is 10.1. The highest BCUT2D eigenvalue weighted by Crippen LogP contribution is 2.31. The predicted molar refractivity (Wildman–Crippen MR) is 129 cm³/mol. The molecule has 7 nitrogen and oxygen atoms in total. The Morgan fingerprint density at radius 3 is 2.52 bits per heavy atom. The normalized spacial score (nSPS) is 12.2. The third-order valence-corrected chi connectivity index (χ3v) is 4.79. The smallest absolute Gasteiger partial charge is 0.191 e. The van der Waals surface area contributed by atoms with Crippen molar-refractivity contribution < 1.29 is 9.47 Å². The number of halogens is 1. The molecule has 2 N–H and O–H groups in total. The Balaban J connectivity index is 0.00000420. The predicted octanol–water partition coefficient (Wildman–Crippen LogP) is 3.36. The quantitative estimate of drug-likeness (QED) is 0.321. The van der Waals surface area contributed by atoms with Gasteiger partial charge in [-0.25, -0.2) is 4.99 Å². The van der Waals surface area contributed by atoms with Crippen LogP contribution in [0.1, 0.15) is 36.4 Å². The van der Waals surface area contributed by atoms with Gasteiger partial charge < -0.3 is 20.1 Å². The van der Waals surface area contributed by atoms with Gasteiger partial charge in [0.05, 0.1) is 26.5 Å². The summed E-state index contributed by atoms with van der Waals surface area (Å²) in [5, 5.41) is 11.3. The third kappa shape index (κ3) is 6.52. The van der Waals surface area contributed by atoms with E-state index in [1.54, 1.807) is 14.2 Å². The minimum Gasteiger partial charge on any atom is -0.493 e. The molecule has 2 aromatic rings. The second-order valence-electron chi connectivity index (χ2n) is 6.87.